The van der Waals surface area contributed by atoms with Crippen molar-refractivity contribution >= 4 is 0 Å². The quantitative estimate of drug-likeness (QED) is 0.523. The van der Waals surface area contributed by atoms with Crippen LogP contribution in [0.2, 0.25) is 0 Å². The molecule has 0 heterocycles. The third kappa shape index (κ3) is 1.67. The molecule has 1 aliphatic carbocycles. The van der Waals surface area contributed by atoms with E-state index in [4.69, 9.17) is 5.53 Å². The van der Waals surface area contributed by atoms with Crippen LogP contribution in [0, 0.1) is 11.4 Å². The van der Waals surface area contributed by atoms with Gasteiger partial charge in [-0.3, -0.25) is 0 Å². The molecule has 0 aromatic carbocycles. The molecular weight excluding hydrogens is 88.1 g/mol. The van der Waals surface area contributed by atoms with E-state index in [1.807, 2.05) is 0 Å². The molecule has 0 aromatic heterocycles. The van der Waals surface area contributed by atoms with Crippen molar-refractivity contribution in [1.82, 2.24) is 0 Å². The van der Waals surface area contributed by atoms with Crippen LogP contribution in [-0.4, -0.2) is 6.54 Å². The van der Waals surface area contributed by atoms with Crippen molar-refractivity contribution < 1.29 is 0 Å². The maximum absolute atomic E-state index is 6.45. The standard InChI is InChI=1S/C5H10N2/c6-7-4-3-5-1-2-5/h5-6H,1-4H2. The van der Waals surface area contributed by atoms with Crippen LogP contribution < -0.4 is 0 Å². The summed E-state index contributed by atoms with van der Waals surface area (Å²) in [7, 11) is 0. The molecule has 40 valence electrons. The molecule has 0 bridgehead atoms. The molecule has 0 unspecified atom stereocenters. The van der Waals surface area contributed by atoms with E-state index in [1.165, 1.54) is 12.8 Å². The third-order valence-electron chi connectivity index (χ3n) is 1.35. The van der Waals surface area contributed by atoms with Gasteiger partial charge in [-0.1, -0.05) is 12.8 Å². The summed E-state index contributed by atoms with van der Waals surface area (Å²) in [5.74, 6) is 0.939. The van der Waals surface area contributed by atoms with Crippen LogP contribution in [-0.2, 0) is 0 Å². The highest BCUT2D eigenvalue weighted by molar-refractivity contribution is 4.72. The minimum atomic E-state index is 0.755. The fourth-order valence-corrected chi connectivity index (χ4v) is 0.654. The fraction of sp³-hybridized carbons (Fsp3) is 1.00. The number of rotatable bonds is 3. The molecule has 1 N–H and O–H groups in total. The summed E-state index contributed by atoms with van der Waals surface area (Å²) < 4.78 is 0. The predicted octanol–water partition coefficient (Wildman–Crippen LogP) is 1.82. The number of nitrogens with zero attached hydrogens (tertiary/aromatic N) is 1. The number of nitrogens with one attached hydrogen (secondary N) is 1. The van der Waals surface area contributed by atoms with Gasteiger partial charge in [0.1, 0.15) is 0 Å². The summed E-state index contributed by atoms with van der Waals surface area (Å²) in [6.07, 6.45) is 3.93. The second kappa shape index (κ2) is 2.05. The highest BCUT2D eigenvalue weighted by Crippen LogP contribution is 2.31. The monoisotopic (exact) mass is 98.1 g/mol. The van der Waals surface area contributed by atoms with Crippen LogP contribution in [0.15, 0.2) is 5.11 Å². The van der Waals surface area contributed by atoms with E-state index in [0.29, 0.717) is 0 Å². The van der Waals surface area contributed by atoms with E-state index < -0.39 is 0 Å². The van der Waals surface area contributed by atoms with Crippen molar-refractivity contribution in [2.75, 3.05) is 6.54 Å². The van der Waals surface area contributed by atoms with Gasteiger partial charge in [-0.2, -0.15) is 5.11 Å². The van der Waals surface area contributed by atoms with Gasteiger partial charge in [-0.25, -0.2) is 5.53 Å². The minimum Gasteiger partial charge on any atom is -0.210 e. The first-order valence-corrected chi connectivity index (χ1v) is 2.76. The smallest absolute Gasteiger partial charge is 0.0599 e. The van der Waals surface area contributed by atoms with E-state index in [9.17, 15) is 0 Å². The van der Waals surface area contributed by atoms with Crippen LogP contribution in [0.1, 0.15) is 19.3 Å². The normalized spacial score (nSPS) is 19.4. The van der Waals surface area contributed by atoms with E-state index in [2.05, 4.69) is 5.11 Å². The Balaban J connectivity index is 1.88. The molecule has 2 nitrogen and oxygen atoms in total. The topological polar surface area (TPSA) is 36.2 Å². The van der Waals surface area contributed by atoms with Gasteiger partial charge in [0.15, 0.2) is 0 Å². The number of hydrogen-bond donors (Lipinski definition) is 1. The summed E-state index contributed by atoms with van der Waals surface area (Å²) in [4.78, 5) is 0. The molecule has 7 heavy (non-hydrogen) atoms. The lowest BCUT2D eigenvalue weighted by Gasteiger charge is -1.83. The van der Waals surface area contributed by atoms with Gasteiger partial charge in [-0.05, 0) is 12.3 Å². The molecule has 0 amide bonds. The van der Waals surface area contributed by atoms with E-state index >= 15 is 0 Å². The first kappa shape index (κ1) is 4.75. The fourth-order valence-electron chi connectivity index (χ4n) is 0.654. The molecule has 0 atom stereocenters. The first-order valence-electron chi connectivity index (χ1n) is 2.76. The van der Waals surface area contributed by atoms with Gasteiger partial charge in [0.05, 0.1) is 6.54 Å². The van der Waals surface area contributed by atoms with Gasteiger partial charge in [0.25, 0.3) is 0 Å². The van der Waals surface area contributed by atoms with Crippen LogP contribution >= 0.6 is 0 Å². The molecule has 1 saturated carbocycles. The van der Waals surface area contributed by atoms with Crippen molar-refractivity contribution in [3.05, 3.63) is 0 Å². The molecule has 0 aliphatic heterocycles. The van der Waals surface area contributed by atoms with Crippen LogP contribution in [0.5, 0.6) is 0 Å². The second-order valence-corrected chi connectivity index (χ2v) is 2.11. The van der Waals surface area contributed by atoms with E-state index in [-0.39, 0.29) is 0 Å². The Morgan fingerprint density at radius 1 is 1.57 bits per heavy atom. The molecule has 0 saturated heterocycles. The Labute approximate surface area is 43.4 Å². The van der Waals surface area contributed by atoms with Crippen molar-refractivity contribution in [3.63, 3.8) is 0 Å². The Kier molecular flexibility index (Phi) is 1.39. The zero-order chi connectivity index (χ0) is 5.11. The van der Waals surface area contributed by atoms with Crippen molar-refractivity contribution in [2.24, 2.45) is 11.0 Å². The van der Waals surface area contributed by atoms with Gasteiger partial charge in [0.2, 0.25) is 0 Å². The summed E-state index contributed by atoms with van der Waals surface area (Å²) in [6.45, 7) is 0.755. The van der Waals surface area contributed by atoms with Crippen molar-refractivity contribution in [3.8, 4) is 0 Å². The average molecular weight is 98.1 g/mol. The summed E-state index contributed by atoms with van der Waals surface area (Å²) in [5, 5.41) is 3.27. The lowest BCUT2D eigenvalue weighted by molar-refractivity contribution is 0.708. The van der Waals surface area contributed by atoms with Gasteiger partial charge >= 0.3 is 0 Å². The highest BCUT2D eigenvalue weighted by Gasteiger charge is 2.19. The maximum atomic E-state index is 6.45. The molecule has 1 fully saturated rings. The SMILES string of the molecule is N=NCCC1CC1. The highest BCUT2D eigenvalue weighted by atomic mass is 14.9. The van der Waals surface area contributed by atoms with E-state index in [0.717, 1.165) is 18.9 Å². The van der Waals surface area contributed by atoms with E-state index in [1.54, 1.807) is 0 Å². The zero-order valence-electron chi connectivity index (χ0n) is 4.35. The third-order valence-corrected chi connectivity index (χ3v) is 1.35. The lowest BCUT2D eigenvalue weighted by atomic mass is 10.3. The number of hydrogen-bond acceptors (Lipinski definition) is 2. The largest absolute Gasteiger partial charge is 0.210 e. The Hall–Kier alpha value is -0.400. The Morgan fingerprint density at radius 3 is 2.71 bits per heavy atom. The summed E-state index contributed by atoms with van der Waals surface area (Å²) in [5.41, 5.74) is 6.45. The molecule has 1 rings (SSSR count). The molecule has 0 radical (unpaired) electrons. The Morgan fingerprint density at radius 2 is 2.29 bits per heavy atom. The average Bonchev–Trinajstić information content (AvgIpc) is 2.42. The predicted molar refractivity (Wildman–Crippen MR) is 27.4 cm³/mol. The summed E-state index contributed by atoms with van der Waals surface area (Å²) >= 11 is 0. The van der Waals surface area contributed by atoms with Crippen LogP contribution in [0.3, 0.4) is 0 Å². The lowest BCUT2D eigenvalue weighted by Crippen LogP contribution is -1.78. The van der Waals surface area contributed by atoms with Gasteiger partial charge in [-0.15, -0.1) is 0 Å². The van der Waals surface area contributed by atoms with Crippen molar-refractivity contribution in [1.29, 1.82) is 5.53 Å². The van der Waals surface area contributed by atoms with Gasteiger partial charge in [0, 0.05) is 0 Å². The van der Waals surface area contributed by atoms with Crippen molar-refractivity contribution in [2.45, 2.75) is 19.3 Å². The second-order valence-electron chi connectivity index (χ2n) is 2.11. The summed E-state index contributed by atoms with van der Waals surface area (Å²) in [6, 6.07) is 0. The first-order chi connectivity index (χ1) is 3.43. The molecule has 2 heteroatoms. The van der Waals surface area contributed by atoms with Crippen LogP contribution in [0.4, 0.5) is 0 Å². The maximum Gasteiger partial charge on any atom is 0.0599 e. The molecule has 0 spiro atoms. The van der Waals surface area contributed by atoms with Crippen LogP contribution in [0.25, 0.3) is 0 Å². The molecule has 1 aliphatic rings. The molecule has 0 aromatic rings. The molecular formula is C5H10N2. The zero-order valence-corrected chi connectivity index (χ0v) is 4.35. The Bertz CT molecular complexity index is 66.5. The minimum absolute atomic E-state index is 0.755. The van der Waals surface area contributed by atoms with Gasteiger partial charge < -0.3 is 0 Å².